The van der Waals surface area contributed by atoms with Crippen LogP contribution in [-0.4, -0.2) is 19.8 Å². The number of nitrogens with zero attached hydrogens (tertiary/aromatic N) is 3. The van der Waals surface area contributed by atoms with E-state index in [1.165, 1.54) is 11.1 Å². The van der Waals surface area contributed by atoms with E-state index in [4.69, 9.17) is 0 Å². The summed E-state index contributed by atoms with van der Waals surface area (Å²) in [6, 6.07) is 10.3. The zero-order valence-corrected chi connectivity index (χ0v) is 11.9. The summed E-state index contributed by atoms with van der Waals surface area (Å²) in [6.45, 7) is 2.10. The van der Waals surface area contributed by atoms with Crippen molar-refractivity contribution in [3.8, 4) is 11.1 Å². The molecule has 1 aromatic carbocycles. The summed E-state index contributed by atoms with van der Waals surface area (Å²) in [4.78, 5) is 0. The van der Waals surface area contributed by atoms with Gasteiger partial charge >= 0.3 is 0 Å². The van der Waals surface area contributed by atoms with Gasteiger partial charge < -0.3 is 0 Å². The maximum absolute atomic E-state index is 4.19. The highest BCUT2D eigenvalue weighted by molar-refractivity contribution is 14.1. The summed E-state index contributed by atoms with van der Waals surface area (Å²) >= 11 is 2.36. The molecule has 0 aliphatic rings. The van der Waals surface area contributed by atoms with Gasteiger partial charge in [0.1, 0.15) is 0 Å². The molecule has 17 heavy (non-hydrogen) atoms. The monoisotopic (exact) mass is 339 g/mol. The second-order valence-corrected chi connectivity index (χ2v) is 4.80. The molecule has 0 radical (unpaired) electrons. The van der Waals surface area contributed by atoms with E-state index in [1.807, 2.05) is 18.2 Å². The lowest BCUT2D eigenvalue weighted by molar-refractivity contribution is 0.781. The number of aromatic nitrogens is 3. The number of alkyl halides is 1. The first-order valence-corrected chi connectivity index (χ1v) is 7.21. The maximum atomic E-state index is 4.19. The Labute approximate surface area is 115 Å². The normalized spacial score (nSPS) is 10.5. The van der Waals surface area contributed by atoms with E-state index in [1.54, 1.807) is 0 Å². The second-order valence-electron chi connectivity index (χ2n) is 3.72. The van der Waals surface area contributed by atoms with Crippen molar-refractivity contribution >= 4 is 22.6 Å². The quantitative estimate of drug-likeness (QED) is 0.635. The van der Waals surface area contributed by atoms with Crippen molar-refractivity contribution in [3.63, 3.8) is 0 Å². The van der Waals surface area contributed by atoms with Crippen molar-refractivity contribution in [2.75, 3.05) is 4.43 Å². The molecule has 0 unspecified atom stereocenters. The van der Waals surface area contributed by atoms with Crippen molar-refractivity contribution in [1.29, 1.82) is 0 Å². The fourth-order valence-electron chi connectivity index (χ4n) is 1.85. The van der Waals surface area contributed by atoms with E-state index in [9.17, 15) is 0 Å². The van der Waals surface area contributed by atoms with Gasteiger partial charge in [-0.15, -0.1) is 10.2 Å². The van der Waals surface area contributed by atoms with E-state index in [-0.39, 0.29) is 0 Å². The van der Waals surface area contributed by atoms with Crippen LogP contribution in [0.1, 0.15) is 18.3 Å². The molecule has 4 heteroatoms. The van der Waals surface area contributed by atoms with Crippen molar-refractivity contribution in [2.45, 2.75) is 19.8 Å². The van der Waals surface area contributed by atoms with Gasteiger partial charge in [0.2, 0.25) is 0 Å². The maximum Gasteiger partial charge on any atom is 0.0753 e. The molecule has 2 aromatic rings. The Kier molecular flexibility index (Phi) is 4.42. The first-order chi connectivity index (χ1) is 8.36. The lowest BCUT2D eigenvalue weighted by Crippen LogP contribution is -2.05. The van der Waals surface area contributed by atoms with Crippen LogP contribution >= 0.6 is 22.6 Å². The molecule has 2 rings (SSSR count). The fraction of sp³-hybridized carbons (Fsp3) is 0.308. The fourth-order valence-corrected chi connectivity index (χ4v) is 2.36. The lowest BCUT2D eigenvalue weighted by atomic mass is 10.00. The van der Waals surface area contributed by atoms with Crippen LogP contribution in [0.2, 0.25) is 0 Å². The molecule has 0 N–H and O–H groups in total. The smallest absolute Gasteiger partial charge is 0.0753 e. The molecule has 1 heterocycles. The van der Waals surface area contributed by atoms with Gasteiger partial charge in [0.15, 0.2) is 0 Å². The van der Waals surface area contributed by atoms with Crippen molar-refractivity contribution in [2.24, 2.45) is 0 Å². The first-order valence-electron chi connectivity index (χ1n) is 5.69. The predicted octanol–water partition coefficient (Wildman–Crippen LogP) is 3.08. The number of halogens is 1. The highest BCUT2D eigenvalue weighted by Crippen LogP contribution is 2.25. The third-order valence-electron chi connectivity index (χ3n) is 2.64. The average molecular weight is 339 g/mol. The third-order valence-corrected chi connectivity index (χ3v) is 3.18. The van der Waals surface area contributed by atoms with Crippen LogP contribution in [0.15, 0.2) is 30.3 Å². The minimum atomic E-state index is 0.883. The van der Waals surface area contributed by atoms with Crippen LogP contribution < -0.4 is 0 Å². The van der Waals surface area contributed by atoms with Gasteiger partial charge in [-0.3, -0.25) is 0 Å². The minimum absolute atomic E-state index is 0.883. The number of rotatable bonds is 4. The van der Waals surface area contributed by atoms with Gasteiger partial charge in [-0.25, -0.2) is 0 Å². The second kappa shape index (κ2) is 6.05. The molecule has 0 fully saturated rings. The van der Waals surface area contributed by atoms with Crippen LogP contribution in [0.4, 0.5) is 0 Å². The summed E-state index contributed by atoms with van der Waals surface area (Å²) in [6.07, 6.45) is 1.82. The molecule has 0 saturated heterocycles. The van der Waals surface area contributed by atoms with Gasteiger partial charge in [-0.05, 0) is 17.2 Å². The topological polar surface area (TPSA) is 38.7 Å². The molecule has 0 amide bonds. The van der Waals surface area contributed by atoms with E-state index < -0.39 is 0 Å². The van der Waals surface area contributed by atoms with Crippen molar-refractivity contribution in [1.82, 2.24) is 15.4 Å². The highest BCUT2D eigenvalue weighted by atomic mass is 127. The average Bonchev–Trinajstić information content (AvgIpc) is 2.40. The van der Waals surface area contributed by atoms with Gasteiger partial charge in [-0.1, -0.05) is 59.8 Å². The Bertz CT molecular complexity index is 485. The molecule has 88 valence electrons. The third kappa shape index (κ3) is 2.80. The summed E-state index contributed by atoms with van der Waals surface area (Å²) < 4.78 is 1.04. The molecule has 1 aromatic heterocycles. The zero-order valence-electron chi connectivity index (χ0n) is 9.73. The Morgan fingerprint density at radius 1 is 1.06 bits per heavy atom. The molecule has 0 saturated carbocycles. The molecular weight excluding hydrogens is 325 g/mol. The molecular formula is C13H14IN3. The van der Waals surface area contributed by atoms with E-state index in [0.29, 0.717) is 0 Å². The SMILES string of the molecule is CCc1nnnc(CCI)c1-c1ccccc1. The lowest BCUT2D eigenvalue weighted by Gasteiger charge is -2.10. The Morgan fingerprint density at radius 3 is 2.41 bits per heavy atom. The molecule has 0 atom stereocenters. The summed E-state index contributed by atoms with van der Waals surface area (Å²) in [5, 5.41) is 12.2. The van der Waals surface area contributed by atoms with E-state index in [2.05, 4.69) is 57.1 Å². The molecule has 0 aliphatic heterocycles. The van der Waals surface area contributed by atoms with Gasteiger partial charge in [0, 0.05) is 16.4 Å². The summed E-state index contributed by atoms with van der Waals surface area (Å²) in [5.74, 6) is 0. The van der Waals surface area contributed by atoms with Crippen LogP contribution in [0, 0.1) is 0 Å². The number of benzene rings is 1. The standard InChI is InChI=1S/C13H14IN3/c1-2-11-13(10-6-4-3-5-7-10)12(8-9-14)16-17-15-11/h3-7H,2,8-9H2,1H3. The Hall–Kier alpha value is -1.04. The Balaban J connectivity index is 2.56. The number of aryl methyl sites for hydroxylation is 2. The predicted molar refractivity (Wildman–Crippen MR) is 77.2 cm³/mol. The number of hydrogen-bond acceptors (Lipinski definition) is 3. The summed E-state index contributed by atoms with van der Waals surface area (Å²) in [7, 11) is 0. The molecule has 0 spiro atoms. The van der Waals surface area contributed by atoms with Crippen molar-refractivity contribution in [3.05, 3.63) is 41.7 Å². The van der Waals surface area contributed by atoms with Gasteiger partial charge in [0.05, 0.1) is 11.4 Å². The van der Waals surface area contributed by atoms with Crippen LogP contribution in [0.3, 0.4) is 0 Å². The van der Waals surface area contributed by atoms with Crippen LogP contribution in [0.5, 0.6) is 0 Å². The van der Waals surface area contributed by atoms with Crippen molar-refractivity contribution < 1.29 is 0 Å². The van der Waals surface area contributed by atoms with Crippen LogP contribution in [-0.2, 0) is 12.8 Å². The Morgan fingerprint density at radius 2 is 1.76 bits per heavy atom. The van der Waals surface area contributed by atoms with E-state index >= 15 is 0 Å². The van der Waals surface area contributed by atoms with Gasteiger partial charge in [0.25, 0.3) is 0 Å². The number of hydrogen-bond donors (Lipinski definition) is 0. The molecule has 0 aliphatic carbocycles. The minimum Gasteiger partial charge on any atom is -0.135 e. The summed E-state index contributed by atoms with van der Waals surface area (Å²) in [5.41, 5.74) is 4.44. The van der Waals surface area contributed by atoms with Crippen LogP contribution in [0.25, 0.3) is 11.1 Å². The zero-order chi connectivity index (χ0) is 12.1. The highest BCUT2D eigenvalue weighted by Gasteiger charge is 2.12. The van der Waals surface area contributed by atoms with Gasteiger partial charge in [-0.2, -0.15) is 0 Å². The molecule has 0 bridgehead atoms. The van der Waals surface area contributed by atoms with E-state index in [0.717, 1.165) is 28.7 Å². The first kappa shape index (κ1) is 12.4. The molecule has 3 nitrogen and oxygen atoms in total. The largest absolute Gasteiger partial charge is 0.135 e.